The summed E-state index contributed by atoms with van der Waals surface area (Å²) >= 11 is 1.22. The number of anilines is 1. The van der Waals surface area contributed by atoms with Crippen molar-refractivity contribution in [1.29, 1.82) is 0 Å². The van der Waals surface area contributed by atoms with E-state index in [1.54, 1.807) is 19.1 Å². The fraction of sp³-hybridized carbons (Fsp3) is 0.353. The number of ether oxygens (including phenoxy) is 1. The van der Waals surface area contributed by atoms with E-state index < -0.39 is 5.97 Å². The summed E-state index contributed by atoms with van der Waals surface area (Å²) in [6.45, 7) is 6.83. The van der Waals surface area contributed by atoms with E-state index in [4.69, 9.17) is 4.74 Å². The second-order valence-corrected chi connectivity index (χ2v) is 6.54. The zero-order valence-electron chi connectivity index (χ0n) is 13.9. The Kier molecular flexibility index (Phi) is 6.03. The molecule has 0 amide bonds. The number of rotatable bonds is 7. The molecule has 0 saturated carbocycles. The summed E-state index contributed by atoms with van der Waals surface area (Å²) in [4.78, 5) is 15.6. The minimum absolute atomic E-state index is 0.194. The molecule has 0 atom stereocenters. The van der Waals surface area contributed by atoms with Crippen molar-refractivity contribution in [2.45, 2.75) is 26.2 Å². The SMILES string of the molecule is CCOC(=O)/C=C/c1nsc(NCC(C)(C)c2ccc(F)cc2)n1. The average Bonchev–Trinajstić information content (AvgIpc) is 3.00. The topological polar surface area (TPSA) is 64.1 Å². The summed E-state index contributed by atoms with van der Waals surface area (Å²) < 4.78 is 22.0. The lowest BCUT2D eigenvalue weighted by molar-refractivity contribution is -0.137. The second kappa shape index (κ2) is 8.01. The number of esters is 1. The van der Waals surface area contributed by atoms with Gasteiger partial charge in [-0.1, -0.05) is 26.0 Å². The van der Waals surface area contributed by atoms with Gasteiger partial charge in [0.25, 0.3) is 0 Å². The molecule has 5 nitrogen and oxygen atoms in total. The van der Waals surface area contributed by atoms with Gasteiger partial charge in [-0.05, 0) is 30.7 Å². The molecule has 0 bridgehead atoms. The highest BCUT2D eigenvalue weighted by Crippen LogP contribution is 2.24. The minimum atomic E-state index is -0.417. The van der Waals surface area contributed by atoms with Gasteiger partial charge in [0.05, 0.1) is 6.61 Å². The van der Waals surface area contributed by atoms with Crippen molar-refractivity contribution in [2.75, 3.05) is 18.5 Å². The number of carbonyl (C=O) groups is 1. The van der Waals surface area contributed by atoms with E-state index >= 15 is 0 Å². The van der Waals surface area contributed by atoms with Gasteiger partial charge in [-0.25, -0.2) is 9.18 Å². The maximum atomic E-state index is 13.0. The molecule has 0 unspecified atom stereocenters. The Morgan fingerprint density at radius 1 is 1.38 bits per heavy atom. The third kappa shape index (κ3) is 5.13. The van der Waals surface area contributed by atoms with Crippen molar-refractivity contribution < 1.29 is 13.9 Å². The van der Waals surface area contributed by atoms with Gasteiger partial charge in [-0.2, -0.15) is 9.36 Å². The Balaban J connectivity index is 1.94. The van der Waals surface area contributed by atoms with E-state index in [2.05, 4.69) is 28.5 Å². The van der Waals surface area contributed by atoms with Crippen LogP contribution in [-0.2, 0) is 14.9 Å². The van der Waals surface area contributed by atoms with Crippen molar-refractivity contribution in [3.05, 3.63) is 47.5 Å². The van der Waals surface area contributed by atoms with E-state index in [1.165, 1.54) is 35.8 Å². The third-order valence-corrected chi connectivity index (χ3v) is 4.09. The molecule has 128 valence electrons. The van der Waals surface area contributed by atoms with Crippen LogP contribution in [0.5, 0.6) is 0 Å². The number of nitrogens with zero attached hydrogens (tertiary/aromatic N) is 2. The maximum Gasteiger partial charge on any atom is 0.330 e. The summed E-state index contributed by atoms with van der Waals surface area (Å²) in [6.07, 6.45) is 2.82. The molecule has 0 aliphatic rings. The highest BCUT2D eigenvalue weighted by atomic mass is 32.1. The predicted molar refractivity (Wildman–Crippen MR) is 93.5 cm³/mol. The molecule has 0 spiro atoms. The standard InChI is InChI=1S/C17H20FN3O2S/c1-4-23-15(22)10-9-14-20-16(24-21-14)19-11-17(2,3)12-5-7-13(18)8-6-12/h5-10H,4,11H2,1-3H3,(H,19,20,21)/b10-9+. The molecule has 0 fully saturated rings. The molecule has 0 saturated heterocycles. The van der Waals surface area contributed by atoms with E-state index in [0.29, 0.717) is 24.1 Å². The molecule has 24 heavy (non-hydrogen) atoms. The van der Waals surface area contributed by atoms with Crippen LogP contribution in [0, 0.1) is 5.82 Å². The molecule has 0 aliphatic carbocycles. The molecule has 1 aromatic carbocycles. The lowest BCUT2D eigenvalue weighted by Gasteiger charge is -2.25. The van der Waals surface area contributed by atoms with Crippen LogP contribution < -0.4 is 5.32 Å². The number of aromatic nitrogens is 2. The van der Waals surface area contributed by atoms with Crippen LogP contribution in [0.3, 0.4) is 0 Å². The van der Waals surface area contributed by atoms with Gasteiger partial charge >= 0.3 is 5.97 Å². The molecule has 1 N–H and O–H groups in total. The molecule has 1 aromatic heterocycles. The van der Waals surface area contributed by atoms with Gasteiger partial charge in [-0.15, -0.1) is 0 Å². The Bertz CT molecular complexity index is 711. The second-order valence-electron chi connectivity index (χ2n) is 5.79. The van der Waals surface area contributed by atoms with Crippen molar-refractivity contribution in [3.63, 3.8) is 0 Å². The smallest absolute Gasteiger partial charge is 0.330 e. The summed E-state index contributed by atoms with van der Waals surface area (Å²) in [5.41, 5.74) is 0.837. The number of hydrogen-bond donors (Lipinski definition) is 1. The zero-order chi connectivity index (χ0) is 17.6. The third-order valence-electron chi connectivity index (χ3n) is 3.40. The summed E-state index contributed by atoms with van der Waals surface area (Å²) in [5.74, 6) is -0.209. The van der Waals surface area contributed by atoms with Gasteiger partial charge in [0.2, 0.25) is 5.13 Å². The molecule has 0 aliphatic heterocycles. The Hall–Kier alpha value is -2.28. The van der Waals surface area contributed by atoms with Crippen LogP contribution in [0.25, 0.3) is 6.08 Å². The van der Waals surface area contributed by atoms with Crippen LogP contribution in [0.1, 0.15) is 32.2 Å². The van der Waals surface area contributed by atoms with E-state index in [0.717, 1.165) is 5.56 Å². The van der Waals surface area contributed by atoms with Gasteiger partial charge in [0.1, 0.15) is 5.82 Å². The minimum Gasteiger partial charge on any atom is -0.463 e. The monoisotopic (exact) mass is 349 g/mol. The molecular weight excluding hydrogens is 329 g/mol. The fourth-order valence-electron chi connectivity index (χ4n) is 2.01. The first-order valence-corrected chi connectivity index (χ1v) is 8.36. The quantitative estimate of drug-likeness (QED) is 0.611. The normalized spacial score (nSPS) is 11.7. The van der Waals surface area contributed by atoms with Crippen LogP contribution in [-0.4, -0.2) is 28.5 Å². The predicted octanol–water partition coefficient (Wildman–Crippen LogP) is 3.64. The van der Waals surface area contributed by atoms with E-state index in [-0.39, 0.29) is 11.2 Å². The lowest BCUT2D eigenvalue weighted by atomic mass is 9.85. The van der Waals surface area contributed by atoms with E-state index in [1.807, 2.05) is 0 Å². The van der Waals surface area contributed by atoms with Crippen LogP contribution in [0.15, 0.2) is 30.3 Å². The number of nitrogens with one attached hydrogen (secondary N) is 1. The molecule has 0 radical (unpaired) electrons. The number of benzene rings is 1. The highest BCUT2D eigenvalue weighted by Gasteiger charge is 2.21. The summed E-state index contributed by atoms with van der Waals surface area (Å²) in [5, 5.41) is 3.89. The molecule has 7 heteroatoms. The van der Waals surface area contributed by atoms with Gasteiger partial charge in [0.15, 0.2) is 5.82 Å². The highest BCUT2D eigenvalue weighted by molar-refractivity contribution is 7.09. The summed E-state index contributed by atoms with van der Waals surface area (Å²) in [7, 11) is 0. The zero-order valence-corrected chi connectivity index (χ0v) is 14.7. The first-order chi connectivity index (χ1) is 11.4. The fourth-order valence-corrected chi connectivity index (χ4v) is 2.56. The first-order valence-electron chi connectivity index (χ1n) is 7.59. The van der Waals surface area contributed by atoms with Crippen LogP contribution >= 0.6 is 11.5 Å². The van der Waals surface area contributed by atoms with E-state index in [9.17, 15) is 9.18 Å². The molecular formula is C17H20FN3O2S. The van der Waals surface area contributed by atoms with Crippen molar-refractivity contribution in [1.82, 2.24) is 9.36 Å². The van der Waals surface area contributed by atoms with Crippen molar-refractivity contribution >= 4 is 28.7 Å². The largest absolute Gasteiger partial charge is 0.463 e. The first kappa shape index (κ1) is 18.1. The van der Waals surface area contributed by atoms with Gasteiger partial charge in [0, 0.05) is 29.6 Å². The van der Waals surface area contributed by atoms with Gasteiger partial charge in [-0.3, -0.25) is 0 Å². The number of hydrogen-bond acceptors (Lipinski definition) is 6. The number of halogens is 1. The Labute approximate surface area is 144 Å². The van der Waals surface area contributed by atoms with Gasteiger partial charge < -0.3 is 10.1 Å². The van der Waals surface area contributed by atoms with Crippen LogP contribution in [0.4, 0.5) is 9.52 Å². The molecule has 2 rings (SSSR count). The summed E-state index contributed by atoms with van der Waals surface area (Å²) in [6, 6.07) is 6.48. The number of carbonyl (C=O) groups excluding carboxylic acids is 1. The Morgan fingerprint density at radius 2 is 2.08 bits per heavy atom. The molecule has 2 aromatic rings. The average molecular weight is 349 g/mol. The van der Waals surface area contributed by atoms with Crippen molar-refractivity contribution in [3.8, 4) is 0 Å². The van der Waals surface area contributed by atoms with Crippen LogP contribution in [0.2, 0.25) is 0 Å². The molecule has 1 heterocycles. The maximum absolute atomic E-state index is 13.0. The van der Waals surface area contributed by atoms with Crippen molar-refractivity contribution in [2.24, 2.45) is 0 Å². The Morgan fingerprint density at radius 3 is 2.75 bits per heavy atom. The lowest BCUT2D eigenvalue weighted by Crippen LogP contribution is -2.27.